The maximum absolute atomic E-state index is 10.5. The molecular formula is C24H48O24. The van der Waals surface area contributed by atoms with Gasteiger partial charge in [0.05, 0.1) is 33.0 Å². The largest absolute Gasteiger partial charge is 0.394 e. The van der Waals surface area contributed by atoms with E-state index in [1.807, 2.05) is 0 Å². The zero-order valence-electron chi connectivity index (χ0n) is 25.1. The molecule has 0 aromatic carbocycles. The van der Waals surface area contributed by atoms with Gasteiger partial charge in [0.15, 0.2) is 18.4 Å². The van der Waals surface area contributed by atoms with Crippen molar-refractivity contribution in [3.05, 3.63) is 0 Å². The van der Waals surface area contributed by atoms with Crippen LogP contribution in [0.3, 0.4) is 0 Å². The number of Topliss-reactive ketones (excluding diaryl/α,β-unsaturated/α-hetero) is 1. The molecule has 0 bridgehead atoms. The number of ketones is 1. The molecule has 0 aliphatic carbocycles. The Morgan fingerprint density at radius 1 is 0.667 bits per heavy atom. The molecule has 9 unspecified atom stereocenters. The highest BCUT2D eigenvalue weighted by Crippen LogP contribution is 2.28. The van der Waals surface area contributed by atoms with Gasteiger partial charge in [-0.05, 0) is 0 Å². The molecule has 2 aliphatic heterocycles. The topological polar surface area (TPSA) is 457 Å². The van der Waals surface area contributed by atoms with E-state index in [0.717, 1.165) is 0 Å². The smallest absolute Gasteiger partial charge is 0.219 e. The van der Waals surface area contributed by atoms with Gasteiger partial charge in [0.2, 0.25) is 5.79 Å². The number of carbonyl (C=O) groups excluding carboxylic acids is 2. The first-order valence-electron chi connectivity index (χ1n) is 13.7. The Labute approximate surface area is 271 Å². The van der Waals surface area contributed by atoms with Crippen molar-refractivity contribution in [2.24, 2.45) is 0 Å². The van der Waals surface area contributed by atoms with Gasteiger partial charge in [-0.3, -0.25) is 4.79 Å². The Morgan fingerprint density at radius 3 is 1.50 bits per heavy atom. The summed E-state index contributed by atoms with van der Waals surface area (Å²) in [6.07, 6.45) is -23.1. The molecule has 0 saturated carbocycles. The van der Waals surface area contributed by atoms with E-state index in [0.29, 0.717) is 0 Å². The SMILES string of the molecule is O=C(CO)C(O)C(O)C(O)CO.O=CC(O)C(O)C(O)C(O)CO.OC[C@H]1OC(O)(CO)[C@@H](O)[C@@H]1O.OC[C@H]1OC(O)[C@H](O)[C@@H](O)[C@@H]1O. The predicted molar refractivity (Wildman–Crippen MR) is 146 cm³/mol. The van der Waals surface area contributed by atoms with Crippen molar-refractivity contribution in [1.82, 2.24) is 0 Å². The summed E-state index contributed by atoms with van der Waals surface area (Å²) in [4.78, 5) is 20.4. The third-order valence-corrected chi connectivity index (χ3v) is 6.61. The van der Waals surface area contributed by atoms with Crippen molar-refractivity contribution in [3.8, 4) is 0 Å². The maximum Gasteiger partial charge on any atom is 0.219 e. The van der Waals surface area contributed by atoms with Crippen LogP contribution in [0.15, 0.2) is 0 Å². The standard InChI is InChI=1S/4C6H12O6/c7-1-3-4(9)5(10)6(11,2-8)12-3;7-1-2-3(8)4(9)5(10)6(11)12-2;2*7-1-3(9)5(11)6(12)4(10)2-8/h3-5,7-11H,1-2H2;2-11H,1H2;3,5-9,11-12H,1-2H2;1,3-6,8-12H,2H2/t3-,4-,5+,6?;2-,3-,4+,5-,6?;;/m11../s1. The van der Waals surface area contributed by atoms with Crippen LogP contribution in [0.25, 0.3) is 0 Å². The predicted octanol–water partition coefficient (Wildman–Crippen LogP) is -13.2. The average molecular weight is 721 g/mol. The van der Waals surface area contributed by atoms with Gasteiger partial charge in [-0.25, -0.2) is 0 Å². The van der Waals surface area contributed by atoms with Gasteiger partial charge >= 0.3 is 0 Å². The van der Waals surface area contributed by atoms with Crippen LogP contribution in [-0.2, 0) is 19.1 Å². The van der Waals surface area contributed by atoms with E-state index >= 15 is 0 Å². The van der Waals surface area contributed by atoms with Crippen molar-refractivity contribution in [1.29, 1.82) is 0 Å². The number of hydrogen-bond donors (Lipinski definition) is 20. The van der Waals surface area contributed by atoms with Crippen LogP contribution in [0.2, 0.25) is 0 Å². The number of hydrogen-bond acceptors (Lipinski definition) is 24. The van der Waals surface area contributed by atoms with Crippen LogP contribution in [0, 0.1) is 0 Å². The number of aliphatic hydroxyl groups is 20. The summed E-state index contributed by atoms with van der Waals surface area (Å²) in [7, 11) is 0. The number of aliphatic hydroxyl groups excluding tert-OH is 19. The van der Waals surface area contributed by atoms with Crippen LogP contribution < -0.4 is 0 Å². The molecule has 288 valence electrons. The van der Waals surface area contributed by atoms with E-state index in [1.54, 1.807) is 0 Å². The second-order valence-corrected chi connectivity index (χ2v) is 10.2. The minimum atomic E-state index is -2.16. The lowest BCUT2D eigenvalue weighted by atomic mass is 10.00. The molecule has 0 spiro atoms. The quantitative estimate of drug-likeness (QED) is 0.0785. The number of rotatable bonds is 13. The normalized spacial score (nSPS) is 34.2. The maximum atomic E-state index is 10.5. The highest BCUT2D eigenvalue weighted by Gasteiger charge is 2.52. The average Bonchev–Trinajstić information content (AvgIpc) is 3.33. The number of aldehydes is 1. The van der Waals surface area contributed by atoms with E-state index in [9.17, 15) is 14.7 Å². The summed E-state index contributed by atoms with van der Waals surface area (Å²) in [6.45, 7) is -4.33. The van der Waals surface area contributed by atoms with Crippen molar-refractivity contribution in [2.75, 3.05) is 39.6 Å². The fourth-order valence-corrected chi connectivity index (χ4v) is 3.45. The lowest BCUT2D eigenvalue weighted by molar-refractivity contribution is -0.286. The second kappa shape index (κ2) is 23.8. The molecule has 2 saturated heterocycles. The lowest BCUT2D eigenvalue weighted by Gasteiger charge is -2.37. The fourth-order valence-electron chi connectivity index (χ4n) is 3.45. The number of carbonyl (C=O) groups is 2. The van der Waals surface area contributed by atoms with E-state index < -0.39 is 143 Å². The van der Waals surface area contributed by atoms with Crippen LogP contribution in [-0.4, -0.2) is 251 Å². The first kappa shape index (κ1) is 48.6. The van der Waals surface area contributed by atoms with Gasteiger partial charge in [-0.1, -0.05) is 0 Å². The monoisotopic (exact) mass is 720 g/mol. The van der Waals surface area contributed by atoms with E-state index in [4.69, 9.17) is 97.0 Å². The second-order valence-electron chi connectivity index (χ2n) is 10.2. The zero-order chi connectivity index (χ0) is 38.1. The molecule has 24 nitrogen and oxygen atoms in total. The molecule has 16 atom stereocenters. The van der Waals surface area contributed by atoms with Gasteiger partial charge in [0.1, 0.15) is 92.1 Å². The summed E-state index contributed by atoms with van der Waals surface area (Å²) >= 11 is 0. The minimum absolute atomic E-state index is 0.0258. The van der Waals surface area contributed by atoms with Crippen LogP contribution >= 0.6 is 0 Å². The first-order valence-corrected chi connectivity index (χ1v) is 13.7. The Morgan fingerprint density at radius 2 is 1.15 bits per heavy atom. The summed E-state index contributed by atoms with van der Waals surface area (Å²) in [5.41, 5.74) is 0. The van der Waals surface area contributed by atoms with Crippen LogP contribution in [0.1, 0.15) is 0 Å². The van der Waals surface area contributed by atoms with Crippen molar-refractivity contribution < 1.29 is 121 Å². The van der Waals surface area contributed by atoms with E-state index in [1.165, 1.54) is 0 Å². The van der Waals surface area contributed by atoms with Gasteiger partial charge < -0.3 is 116 Å². The minimum Gasteiger partial charge on any atom is -0.394 e. The Kier molecular flexibility index (Phi) is 24.1. The van der Waals surface area contributed by atoms with Crippen LogP contribution in [0.4, 0.5) is 0 Å². The zero-order valence-corrected chi connectivity index (χ0v) is 25.1. The summed E-state index contributed by atoms with van der Waals surface area (Å²) in [5, 5.41) is 176. The van der Waals surface area contributed by atoms with Gasteiger partial charge in [0, 0.05) is 0 Å². The highest BCUT2D eigenvalue weighted by atomic mass is 16.7. The molecule has 0 aromatic heterocycles. The highest BCUT2D eigenvalue weighted by molar-refractivity contribution is 5.84. The first-order chi connectivity index (χ1) is 22.2. The van der Waals surface area contributed by atoms with E-state index in [-0.39, 0.29) is 6.29 Å². The summed E-state index contributed by atoms with van der Waals surface area (Å²) in [6, 6.07) is 0. The Hall–Kier alpha value is -1.54. The Bertz CT molecular complexity index is 858. The van der Waals surface area contributed by atoms with Gasteiger partial charge in [0.25, 0.3) is 0 Å². The molecule has 0 amide bonds. The molecule has 24 heteroatoms. The van der Waals surface area contributed by atoms with Crippen molar-refractivity contribution in [3.63, 3.8) is 0 Å². The lowest BCUT2D eigenvalue weighted by Crippen LogP contribution is -2.58. The molecular weight excluding hydrogens is 672 g/mol. The Balaban J connectivity index is 0. The molecule has 0 radical (unpaired) electrons. The third-order valence-electron chi connectivity index (χ3n) is 6.61. The van der Waals surface area contributed by atoms with Crippen molar-refractivity contribution >= 4 is 12.1 Å². The molecule has 2 aliphatic rings. The van der Waals surface area contributed by atoms with Gasteiger partial charge in [-0.15, -0.1) is 0 Å². The van der Waals surface area contributed by atoms with Crippen LogP contribution in [0.5, 0.6) is 0 Å². The van der Waals surface area contributed by atoms with Crippen molar-refractivity contribution in [2.45, 2.75) is 97.5 Å². The van der Waals surface area contributed by atoms with Gasteiger partial charge in [-0.2, -0.15) is 0 Å². The molecule has 2 rings (SSSR count). The number of ether oxygens (including phenoxy) is 2. The fraction of sp³-hybridized carbons (Fsp3) is 0.917. The molecule has 0 aromatic rings. The summed E-state index contributed by atoms with van der Waals surface area (Å²) in [5.74, 6) is -3.16. The molecule has 2 heterocycles. The third kappa shape index (κ3) is 14.4. The molecule has 48 heavy (non-hydrogen) atoms. The molecule has 2 fully saturated rings. The molecule has 20 N–H and O–H groups in total. The summed E-state index contributed by atoms with van der Waals surface area (Å²) < 4.78 is 9.20. The van der Waals surface area contributed by atoms with E-state index in [2.05, 4.69) is 9.47 Å².